The molecule has 0 aliphatic carbocycles. The third kappa shape index (κ3) is 1.96. The van der Waals surface area contributed by atoms with Crippen LogP contribution in [-0.4, -0.2) is 14.5 Å². The predicted molar refractivity (Wildman–Crippen MR) is 77.9 cm³/mol. The number of aromatic nitrogens is 3. The Morgan fingerprint density at radius 3 is 2.70 bits per heavy atom. The van der Waals surface area contributed by atoms with Crippen molar-refractivity contribution in [2.45, 2.75) is 19.7 Å². The van der Waals surface area contributed by atoms with Crippen molar-refractivity contribution in [3.05, 3.63) is 53.2 Å². The summed E-state index contributed by atoms with van der Waals surface area (Å²) < 4.78 is 15.2. The van der Waals surface area contributed by atoms with Gasteiger partial charge < -0.3 is 0 Å². The van der Waals surface area contributed by atoms with Crippen molar-refractivity contribution in [2.24, 2.45) is 0 Å². The van der Waals surface area contributed by atoms with E-state index in [9.17, 15) is 4.39 Å². The molecule has 20 heavy (non-hydrogen) atoms. The zero-order valence-electron chi connectivity index (χ0n) is 11.2. The van der Waals surface area contributed by atoms with Crippen LogP contribution in [-0.2, 0) is 5.88 Å². The molecule has 2 heterocycles. The maximum atomic E-state index is 13.3. The van der Waals surface area contributed by atoms with Gasteiger partial charge in [0.15, 0.2) is 5.65 Å². The molecular weight excluding hydrogens is 277 g/mol. The van der Waals surface area contributed by atoms with Crippen LogP contribution in [0.4, 0.5) is 4.39 Å². The first-order valence-corrected chi connectivity index (χ1v) is 6.80. The smallest absolute Gasteiger partial charge is 0.164 e. The van der Waals surface area contributed by atoms with Crippen LogP contribution in [0.5, 0.6) is 0 Å². The summed E-state index contributed by atoms with van der Waals surface area (Å²) in [4.78, 5) is 8.94. The van der Waals surface area contributed by atoms with Gasteiger partial charge in [-0.25, -0.2) is 14.4 Å². The van der Waals surface area contributed by atoms with Crippen LogP contribution in [0.2, 0.25) is 0 Å². The fourth-order valence-corrected chi connectivity index (χ4v) is 2.53. The molecule has 0 saturated heterocycles. The molecule has 3 nitrogen and oxygen atoms in total. The lowest BCUT2D eigenvalue weighted by Crippen LogP contribution is -2.02. The summed E-state index contributed by atoms with van der Waals surface area (Å²) in [5.74, 6) is 0.720. The van der Waals surface area contributed by atoms with Crippen molar-refractivity contribution in [3.63, 3.8) is 0 Å². The number of rotatable bonds is 2. The van der Waals surface area contributed by atoms with E-state index < -0.39 is 0 Å². The fraction of sp³-hybridized carbons (Fsp3) is 0.200. The molecule has 0 fully saturated rings. The van der Waals surface area contributed by atoms with Gasteiger partial charge in [0.2, 0.25) is 0 Å². The Hall–Kier alpha value is -1.94. The molecule has 0 unspecified atom stereocenters. The van der Waals surface area contributed by atoms with Crippen molar-refractivity contribution in [2.75, 3.05) is 0 Å². The number of alkyl halides is 1. The first-order valence-electron chi connectivity index (χ1n) is 6.27. The van der Waals surface area contributed by atoms with Crippen LogP contribution in [0, 0.1) is 19.7 Å². The zero-order valence-corrected chi connectivity index (χ0v) is 11.9. The number of aryl methyl sites for hydroxylation is 2. The summed E-state index contributed by atoms with van der Waals surface area (Å²) in [6.07, 6.45) is 1.74. The normalized spacial score (nSPS) is 11.2. The van der Waals surface area contributed by atoms with E-state index in [1.54, 1.807) is 12.3 Å². The second-order valence-corrected chi connectivity index (χ2v) is 5.00. The zero-order chi connectivity index (χ0) is 14.3. The van der Waals surface area contributed by atoms with Crippen molar-refractivity contribution in [1.29, 1.82) is 0 Å². The van der Waals surface area contributed by atoms with Crippen LogP contribution < -0.4 is 0 Å². The highest BCUT2D eigenvalue weighted by Crippen LogP contribution is 2.25. The minimum Gasteiger partial charge on any atom is -0.279 e. The molecule has 102 valence electrons. The van der Waals surface area contributed by atoms with Gasteiger partial charge in [-0.05, 0) is 49.2 Å². The van der Waals surface area contributed by atoms with E-state index in [4.69, 9.17) is 11.6 Å². The standard InChI is InChI=1S/C15H13ClFN3/c1-9-5-6-18-15-14(9)19-13(8-16)20(15)12-4-3-11(17)7-10(12)2/h3-7H,8H2,1-2H3. The summed E-state index contributed by atoms with van der Waals surface area (Å²) in [7, 11) is 0. The number of fused-ring (bicyclic) bond motifs is 1. The topological polar surface area (TPSA) is 30.7 Å². The molecule has 5 heteroatoms. The second kappa shape index (κ2) is 4.87. The highest BCUT2D eigenvalue weighted by Gasteiger charge is 2.15. The molecule has 0 atom stereocenters. The first-order chi connectivity index (χ1) is 9.61. The monoisotopic (exact) mass is 289 g/mol. The highest BCUT2D eigenvalue weighted by molar-refractivity contribution is 6.17. The van der Waals surface area contributed by atoms with Gasteiger partial charge in [-0.3, -0.25) is 4.57 Å². The van der Waals surface area contributed by atoms with Gasteiger partial charge in [-0.15, -0.1) is 11.6 Å². The number of imidazole rings is 1. The van der Waals surface area contributed by atoms with Crippen LogP contribution in [0.15, 0.2) is 30.5 Å². The lowest BCUT2D eigenvalue weighted by atomic mass is 10.2. The summed E-state index contributed by atoms with van der Waals surface area (Å²) in [6, 6.07) is 6.57. The quantitative estimate of drug-likeness (QED) is 0.670. The minimum absolute atomic E-state index is 0.257. The predicted octanol–water partition coefficient (Wildman–Crippen LogP) is 3.92. The van der Waals surface area contributed by atoms with Gasteiger partial charge in [0.1, 0.15) is 17.2 Å². The molecule has 3 aromatic rings. The van der Waals surface area contributed by atoms with Crippen LogP contribution in [0.25, 0.3) is 16.9 Å². The third-order valence-corrected chi connectivity index (χ3v) is 3.58. The number of halogens is 2. The van der Waals surface area contributed by atoms with Crippen molar-refractivity contribution in [1.82, 2.24) is 14.5 Å². The molecule has 0 aliphatic rings. The van der Waals surface area contributed by atoms with Gasteiger partial charge in [0.05, 0.1) is 11.6 Å². The highest BCUT2D eigenvalue weighted by atomic mass is 35.5. The molecule has 2 aromatic heterocycles. The van der Waals surface area contributed by atoms with E-state index in [0.717, 1.165) is 28.0 Å². The minimum atomic E-state index is -0.257. The molecule has 0 saturated carbocycles. The van der Waals surface area contributed by atoms with Crippen molar-refractivity contribution < 1.29 is 4.39 Å². The van der Waals surface area contributed by atoms with Gasteiger partial charge >= 0.3 is 0 Å². The van der Waals surface area contributed by atoms with Crippen molar-refractivity contribution in [3.8, 4) is 5.69 Å². The Morgan fingerprint density at radius 2 is 2.00 bits per heavy atom. The molecule has 0 spiro atoms. The number of benzene rings is 1. The van der Waals surface area contributed by atoms with Gasteiger partial charge in [0, 0.05) is 6.20 Å². The Morgan fingerprint density at radius 1 is 1.20 bits per heavy atom. The molecule has 0 radical (unpaired) electrons. The van der Waals surface area contributed by atoms with Gasteiger partial charge in [0.25, 0.3) is 0 Å². The Bertz CT molecular complexity index is 795. The summed E-state index contributed by atoms with van der Waals surface area (Å²) >= 11 is 6.00. The number of hydrogen-bond donors (Lipinski definition) is 0. The largest absolute Gasteiger partial charge is 0.279 e. The average molecular weight is 290 g/mol. The number of nitrogens with zero attached hydrogens (tertiary/aromatic N) is 3. The third-order valence-electron chi connectivity index (χ3n) is 3.34. The summed E-state index contributed by atoms with van der Waals surface area (Å²) in [6.45, 7) is 3.84. The maximum absolute atomic E-state index is 13.3. The van der Waals surface area contributed by atoms with Gasteiger partial charge in [-0.1, -0.05) is 0 Å². The molecule has 3 rings (SSSR count). The summed E-state index contributed by atoms with van der Waals surface area (Å²) in [5, 5.41) is 0. The molecule has 0 aliphatic heterocycles. The van der Waals surface area contributed by atoms with E-state index in [2.05, 4.69) is 9.97 Å². The van der Waals surface area contributed by atoms with Crippen LogP contribution in [0.1, 0.15) is 17.0 Å². The molecular formula is C15H13ClFN3. The Kier molecular flexibility index (Phi) is 3.18. The Labute approximate surface area is 121 Å². The van der Waals surface area contributed by atoms with E-state index in [-0.39, 0.29) is 11.7 Å². The summed E-state index contributed by atoms with van der Waals surface area (Å²) in [5.41, 5.74) is 4.28. The molecule has 0 N–H and O–H groups in total. The average Bonchev–Trinajstić information content (AvgIpc) is 2.79. The lowest BCUT2D eigenvalue weighted by molar-refractivity contribution is 0.626. The van der Waals surface area contributed by atoms with E-state index in [1.807, 2.05) is 24.5 Å². The molecule has 0 bridgehead atoms. The SMILES string of the molecule is Cc1cc(F)ccc1-n1c(CCl)nc2c(C)ccnc21. The lowest BCUT2D eigenvalue weighted by Gasteiger charge is -2.10. The number of pyridine rings is 1. The maximum Gasteiger partial charge on any atom is 0.164 e. The first kappa shape index (κ1) is 13.1. The molecule has 0 amide bonds. The Balaban J connectivity index is 2.37. The van der Waals surface area contributed by atoms with Crippen molar-refractivity contribution >= 4 is 22.8 Å². The van der Waals surface area contributed by atoms with Crippen LogP contribution in [0.3, 0.4) is 0 Å². The number of hydrogen-bond acceptors (Lipinski definition) is 2. The van der Waals surface area contributed by atoms with E-state index in [1.165, 1.54) is 12.1 Å². The van der Waals surface area contributed by atoms with E-state index >= 15 is 0 Å². The van der Waals surface area contributed by atoms with Gasteiger partial charge in [-0.2, -0.15) is 0 Å². The second-order valence-electron chi connectivity index (χ2n) is 4.73. The van der Waals surface area contributed by atoms with E-state index in [0.29, 0.717) is 5.82 Å². The van der Waals surface area contributed by atoms with Crippen LogP contribution >= 0.6 is 11.6 Å². The molecule has 1 aromatic carbocycles. The fourth-order valence-electron chi connectivity index (χ4n) is 2.35.